The average Bonchev–Trinajstić information content (AvgIpc) is 2.73. The molecule has 0 fully saturated rings. The predicted molar refractivity (Wildman–Crippen MR) is 113 cm³/mol. The van der Waals surface area contributed by atoms with Gasteiger partial charge in [0.15, 0.2) is 0 Å². The summed E-state index contributed by atoms with van der Waals surface area (Å²) >= 11 is 0. The molecule has 1 heterocycles. The Balaban J connectivity index is 1.78. The zero-order chi connectivity index (χ0) is 21.5. The number of carbonyl (C=O) groups excluding carboxylic acids is 1. The van der Waals surface area contributed by atoms with Crippen LogP contribution in [0, 0.1) is 10.1 Å². The minimum absolute atomic E-state index is 0.0551. The number of methoxy groups -OCH3 is 1. The van der Waals surface area contributed by atoms with E-state index in [1.54, 1.807) is 31.4 Å². The minimum Gasteiger partial charge on any atom is -0.497 e. The number of anilines is 4. The van der Waals surface area contributed by atoms with E-state index in [0.717, 1.165) is 11.3 Å². The third-order valence-electron chi connectivity index (χ3n) is 4.09. The fraction of sp³-hybridized carbons (Fsp3) is 0.150. The topological polar surface area (TPSA) is 131 Å². The molecule has 154 valence electrons. The van der Waals surface area contributed by atoms with Crippen LogP contribution < -0.4 is 20.7 Å². The monoisotopic (exact) mass is 408 g/mol. The van der Waals surface area contributed by atoms with Gasteiger partial charge >= 0.3 is 5.69 Å². The summed E-state index contributed by atoms with van der Waals surface area (Å²) in [6.07, 6.45) is 1.25. The molecule has 1 aromatic heterocycles. The fourth-order valence-corrected chi connectivity index (χ4v) is 2.68. The summed E-state index contributed by atoms with van der Waals surface area (Å²) in [5, 5.41) is 20.3. The summed E-state index contributed by atoms with van der Waals surface area (Å²) in [5.74, 6) is 0.695. The molecule has 30 heavy (non-hydrogen) atoms. The van der Waals surface area contributed by atoms with Crippen LogP contribution in [0.1, 0.15) is 12.5 Å². The van der Waals surface area contributed by atoms with Crippen LogP contribution in [-0.4, -0.2) is 27.9 Å². The van der Waals surface area contributed by atoms with E-state index < -0.39 is 4.92 Å². The Morgan fingerprint density at radius 1 is 1.03 bits per heavy atom. The lowest BCUT2D eigenvalue weighted by Gasteiger charge is -2.11. The van der Waals surface area contributed by atoms with Crippen LogP contribution in [0.25, 0.3) is 0 Å². The summed E-state index contributed by atoms with van der Waals surface area (Å²) in [6.45, 7) is 1.75. The highest BCUT2D eigenvalue weighted by atomic mass is 16.6. The highest BCUT2D eigenvalue weighted by Gasteiger charge is 2.23. The second kappa shape index (κ2) is 9.32. The smallest absolute Gasteiger partial charge is 0.353 e. The number of nitrogens with zero attached hydrogens (tertiary/aromatic N) is 3. The van der Waals surface area contributed by atoms with Gasteiger partial charge < -0.3 is 20.7 Å². The van der Waals surface area contributed by atoms with Crippen molar-refractivity contribution in [2.24, 2.45) is 0 Å². The first kappa shape index (κ1) is 20.5. The van der Waals surface area contributed by atoms with Gasteiger partial charge in [0.2, 0.25) is 17.5 Å². The Hall–Kier alpha value is -4.21. The highest BCUT2D eigenvalue weighted by Crippen LogP contribution is 2.31. The van der Waals surface area contributed by atoms with Gasteiger partial charge in [0.05, 0.1) is 12.0 Å². The van der Waals surface area contributed by atoms with Crippen LogP contribution in [-0.2, 0) is 11.3 Å². The molecule has 0 spiro atoms. The molecule has 3 aromatic rings. The third kappa shape index (κ3) is 5.19. The number of ether oxygens (including phenoxy) is 1. The van der Waals surface area contributed by atoms with Crippen molar-refractivity contribution in [2.75, 3.05) is 23.1 Å². The molecule has 0 saturated heterocycles. The standard InChI is InChI=1S/C20H20N6O4/c1-13(27)24-15-5-7-16(8-6-15)25-20-18(26(28)29)19(22-12-23-20)21-11-14-3-9-17(30-2)10-4-14/h3-10,12H,11H2,1-2H3,(H,24,27)(H2,21,22,23,25). The summed E-state index contributed by atoms with van der Waals surface area (Å²) in [4.78, 5) is 30.3. The van der Waals surface area contributed by atoms with Crippen LogP contribution in [0.3, 0.4) is 0 Å². The molecule has 0 radical (unpaired) electrons. The Morgan fingerprint density at radius 3 is 2.27 bits per heavy atom. The van der Waals surface area contributed by atoms with Crippen LogP contribution in [0.5, 0.6) is 5.75 Å². The van der Waals surface area contributed by atoms with Crippen molar-refractivity contribution >= 4 is 34.6 Å². The van der Waals surface area contributed by atoms with Crippen molar-refractivity contribution in [1.82, 2.24) is 9.97 Å². The van der Waals surface area contributed by atoms with Crippen molar-refractivity contribution in [1.29, 1.82) is 0 Å². The lowest BCUT2D eigenvalue weighted by Crippen LogP contribution is -2.08. The van der Waals surface area contributed by atoms with Gasteiger partial charge in [-0.1, -0.05) is 12.1 Å². The van der Waals surface area contributed by atoms with Gasteiger partial charge in [0.1, 0.15) is 12.1 Å². The van der Waals surface area contributed by atoms with E-state index in [9.17, 15) is 14.9 Å². The maximum absolute atomic E-state index is 11.7. The summed E-state index contributed by atoms with van der Waals surface area (Å²) in [6, 6.07) is 14.1. The quantitative estimate of drug-likeness (QED) is 0.380. The maximum Gasteiger partial charge on any atom is 0.353 e. The number of hydrogen-bond acceptors (Lipinski definition) is 8. The van der Waals surface area contributed by atoms with E-state index in [0.29, 0.717) is 17.9 Å². The molecular weight excluding hydrogens is 388 g/mol. The second-order valence-corrected chi connectivity index (χ2v) is 6.26. The van der Waals surface area contributed by atoms with E-state index in [1.807, 2.05) is 24.3 Å². The number of aromatic nitrogens is 2. The van der Waals surface area contributed by atoms with Gasteiger partial charge in [-0.05, 0) is 42.0 Å². The Labute approximate surface area is 172 Å². The number of nitro groups is 1. The van der Waals surface area contributed by atoms with Crippen LogP contribution in [0.15, 0.2) is 54.9 Å². The molecule has 1 amide bonds. The Bertz CT molecular complexity index is 1040. The third-order valence-corrected chi connectivity index (χ3v) is 4.09. The van der Waals surface area contributed by atoms with Crippen molar-refractivity contribution < 1.29 is 14.5 Å². The van der Waals surface area contributed by atoms with Crippen LogP contribution in [0.4, 0.5) is 28.7 Å². The van der Waals surface area contributed by atoms with E-state index in [4.69, 9.17) is 4.74 Å². The van der Waals surface area contributed by atoms with Crippen molar-refractivity contribution in [3.8, 4) is 5.75 Å². The lowest BCUT2D eigenvalue weighted by atomic mass is 10.2. The predicted octanol–water partition coefficient (Wildman–Crippen LogP) is 3.71. The number of carbonyl (C=O) groups is 1. The van der Waals surface area contributed by atoms with Gasteiger partial charge in [-0.2, -0.15) is 0 Å². The van der Waals surface area contributed by atoms with Gasteiger partial charge in [0, 0.05) is 24.8 Å². The number of benzene rings is 2. The fourth-order valence-electron chi connectivity index (χ4n) is 2.68. The van der Waals surface area contributed by atoms with E-state index in [-0.39, 0.29) is 23.2 Å². The molecule has 0 unspecified atom stereocenters. The zero-order valence-corrected chi connectivity index (χ0v) is 16.4. The molecule has 0 aliphatic carbocycles. The molecular formula is C20H20N6O4. The molecule has 0 bridgehead atoms. The number of rotatable bonds is 8. The first-order valence-corrected chi connectivity index (χ1v) is 8.97. The summed E-state index contributed by atoms with van der Waals surface area (Å²) in [7, 11) is 1.58. The average molecular weight is 408 g/mol. The Morgan fingerprint density at radius 2 is 1.67 bits per heavy atom. The van der Waals surface area contributed by atoms with Crippen molar-refractivity contribution in [3.63, 3.8) is 0 Å². The molecule has 3 N–H and O–H groups in total. The first-order valence-electron chi connectivity index (χ1n) is 8.97. The summed E-state index contributed by atoms with van der Waals surface area (Å²) < 4.78 is 5.12. The van der Waals surface area contributed by atoms with Crippen LogP contribution in [0.2, 0.25) is 0 Å². The molecule has 0 atom stereocenters. The number of hydrogen-bond donors (Lipinski definition) is 3. The molecule has 2 aromatic carbocycles. The van der Waals surface area contributed by atoms with Gasteiger partial charge in [-0.15, -0.1) is 0 Å². The SMILES string of the molecule is COc1ccc(CNc2ncnc(Nc3ccc(NC(C)=O)cc3)c2[N+](=O)[O-])cc1. The van der Waals surface area contributed by atoms with Crippen molar-refractivity contribution in [2.45, 2.75) is 13.5 Å². The summed E-state index contributed by atoms with van der Waals surface area (Å²) in [5.41, 5.74) is 1.84. The number of nitrogens with one attached hydrogen (secondary N) is 3. The molecule has 0 aliphatic heterocycles. The normalized spacial score (nSPS) is 10.2. The van der Waals surface area contributed by atoms with E-state index >= 15 is 0 Å². The van der Waals surface area contributed by atoms with Crippen molar-refractivity contribution in [3.05, 3.63) is 70.5 Å². The molecule has 10 nitrogen and oxygen atoms in total. The molecule has 0 aliphatic rings. The lowest BCUT2D eigenvalue weighted by molar-refractivity contribution is -0.383. The molecule has 0 saturated carbocycles. The highest BCUT2D eigenvalue weighted by molar-refractivity contribution is 5.89. The molecule has 10 heteroatoms. The molecule has 3 rings (SSSR count). The first-order chi connectivity index (χ1) is 14.5. The zero-order valence-electron chi connectivity index (χ0n) is 16.4. The van der Waals surface area contributed by atoms with Gasteiger partial charge in [-0.3, -0.25) is 14.9 Å². The minimum atomic E-state index is -0.537. The maximum atomic E-state index is 11.7. The Kier molecular flexibility index (Phi) is 6.38. The van der Waals surface area contributed by atoms with E-state index in [1.165, 1.54) is 13.3 Å². The largest absolute Gasteiger partial charge is 0.497 e. The van der Waals surface area contributed by atoms with Gasteiger partial charge in [-0.25, -0.2) is 9.97 Å². The van der Waals surface area contributed by atoms with Gasteiger partial charge in [0.25, 0.3) is 0 Å². The number of amides is 1. The van der Waals surface area contributed by atoms with Crippen LogP contribution >= 0.6 is 0 Å². The second-order valence-electron chi connectivity index (χ2n) is 6.26. The van der Waals surface area contributed by atoms with E-state index in [2.05, 4.69) is 25.9 Å².